The third-order valence-corrected chi connectivity index (χ3v) is 3.69. The van der Waals surface area contributed by atoms with Crippen molar-refractivity contribution < 1.29 is 4.79 Å². The fourth-order valence-corrected chi connectivity index (χ4v) is 2.54. The molecule has 0 spiro atoms. The standard InChI is InChI=1S/C12H23N3O.ClH/c1-11-9-13-5-8-15(11)10-12(16)14-6-3-2-4-7-14;/h11,13H,2-10H2,1H3;1H/t11-;/m1./s1. The Morgan fingerprint density at radius 3 is 2.59 bits per heavy atom. The van der Waals surface area contributed by atoms with E-state index in [1.54, 1.807) is 0 Å². The zero-order valence-electron chi connectivity index (χ0n) is 10.7. The number of nitrogens with one attached hydrogen (secondary N) is 1. The number of halogens is 1. The quantitative estimate of drug-likeness (QED) is 0.796. The van der Waals surface area contributed by atoms with E-state index in [0.717, 1.165) is 32.7 Å². The van der Waals surface area contributed by atoms with Gasteiger partial charge in [-0.25, -0.2) is 0 Å². The molecule has 0 aromatic rings. The highest BCUT2D eigenvalue weighted by molar-refractivity contribution is 5.85. The highest BCUT2D eigenvalue weighted by Gasteiger charge is 2.23. The Hall–Kier alpha value is -0.320. The van der Waals surface area contributed by atoms with Gasteiger partial charge in [0.05, 0.1) is 6.54 Å². The van der Waals surface area contributed by atoms with Gasteiger partial charge in [-0.1, -0.05) is 0 Å². The van der Waals surface area contributed by atoms with Crippen molar-refractivity contribution in [2.45, 2.75) is 32.2 Å². The van der Waals surface area contributed by atoms with Crippen LogP contribution in [0.4, 0.5) is 0 Å². The van der Waals surface area contributed by atoms with Gasteiger partial charge in [-0.2, -0.15) is 0 Å². The van der Waals surface area contributed by atoms with Crippen LogP contribution >= 0.6 is 12.4 Å². The van der Waals surface area contributed by atoms with E-state index in [1.165, 1.54) is 19.3 Å². The molecule has 100 valence electrons. The van der Waals surface area contributed by atoms with E-state index >= 15 is 0 Å². The summed E-state index contributed by atoms with van der Waals surface area (Å²) in [4.78, 5) is 16.4. The summed E-state index contributed by atoms with van der Waals surface area (Å²) in [5, 5.41) is 3.35. The van der Waals surface area contributed by atoms with Crippen molar-refractivity contribution in [1.82, 2.24) is 15.1 Å². The molecule has 0 aromatic heterocycles. The molecular formula is C12H24ClN3O. The first-order valence-electron chi connectivity index (χ1n) is 6.50. The number of nitrogens with zero attached hydrogens (tertiary/aromatic N) is 2. The lowest BCUT2D eigenvalue weighted by Crippen LogP contribution is -2.53. The Morgan fingerprint density at radius 2 is 1.94 bits per heavy atom. The predicted molar refractivity (Wildman–Crippen MR) is 71.6 cm³/mol. The highest BCUT2D eigenvalue weighted by atomic mass is 35.5. The van der Waals surface area contributed by atoms with E-state index < -0.39 is 0 Å². The zero-order chi connectivity index (χ0) is 11.4. The molecule has 1 atom stereocenters. The Labute approximate surface area is 110 Å². The van der Waals surface area contributed by atoms with Gasteiger partial charge < -0.3 is 10.2 Å². The molecule has 2 aliphatic heterocycles. The van der Waals surface area contributed by atoms with Crippen LogP contribution in [0.3, 0.4) is 0 Å². The molecule has 0 bridgehead atoms. The van der Waals surface area contributed by atoms with E-state index in [0.29, 0.717) is 18.5 Å². The molecule has 1 N–H and O–H groups in total. The molecule has 1 amide bonds. The highest BCUT2D eigenvalue weighted by Crippen LogP contribution is 2.10. The lowest BCUT2D eigenvalue weighted by Gasteiger charge is -2.35. The van der Waals surface area contributed by atoms with E-state index in [2.05, 4.69) is 17.1 Å². The summed E-state index contributed by atoms with van der Waals surface area (Å²) in [6, 6.07) is 0.488. The zero-order valence-corrected chi connectivity index (χ0v) is 11.5. The monoisotopic (exact) mass is 261 g/mol. The number of piperidine rings is 1. The van der Waals surface area contributed by atoms with Gasteiger partial charge in [0.15, 0.2) is 0 Å². The number of piperazine rings is 1. The molecule has 2 saturated heterocycles. The first-order chi connectivity index (χ1) is 7.77. The van der Waals surface area contributed by atoms with E-state index in [4.69, 9.17) is 0 Å². The third kappa shape index (κ3) is 4.12. The van der Waals surface area contributed by atoms with Gasteiger partial charge in [0.2, 0.25) is 5.91 Å². The van der Waals surface area contributed by atoms with Crippen molar-refractivity contribution in [1.29, 1.82) is 0 Å². The lowest BCUT2D eigenvalue weighted by molar-refractivity contribution is -0.134. The van der Waals surface area contributed by atoms with Crippen molar-refractivity contribution in [3.8, 4) is 0 Å². The van der Waals surface area contributed by atoms with Gasteiger partial charge in [-0.15, -0.1) is 12.4 Å². The molecule has 2 fully saturated rings. The average molecular weight is 262 g/mol. The number of rotatable bonds is 2. The van der Waals surface area contributed by atoms with Crippen molar-refractivity contribution in [3.63, 3.8) is 0 Å². The molecule has 0 aromatic carbocycles. The molecule has 0 radical (unpaired) electrons. The van der Waals surface area contributed by atoms with Crippen LogP contribution in [0.1, 0.15) is 26.2 Å². The second-order valence-corrected chi connectivity index (χ2v) is 4.97. The molecule has 0 unspecified atom stereocenters. The predicted octanol–water partition coefficient (Wildman–Crippen LogP) is 0.714. The van der Waals surface area contributed by atoms with Gasteiger partial charge in [0, 0.05) is 38.8 Å². The largest absolute Gasteiger partial charge is 0.342 e. The molecular weight excluding hydrogens is 238 g/mol. The number of hydrogen-bond donors (Lipinski definition) is 1. The van der Waals surface area contributed by atoms with Gasteiger partial charge in [0.1, 0.15) is 0 Å². The summed E-state index contributed by atoms with van der Waals surface area (Å²) in [6.45, 7) is 7.77. The SMILES string of the molecule is C[C@@H]1CNCCN1CC(=O)N1CCCCC1.Cl. The topological polar surface area (TPSA) is 35.6 Å². The number of carbonyl (C=O) groups excluding carboxylic acids is 1. The number of likely N-dealkylation sites (tertiary alicyclic amines) is 1. The molecule has 17 heavy (non-hydrogen) atoms. The fourth-order valence-electron chi connectivity index (χ4n) is 2.54. The minimum atomic E-state index is 0. The Morgan fingerprint density at radius 1 is 1.24 bits per heavy atom. The van der Waals surface area contributed by atoms with Crippen LogP contribution in [0.25, 0.3) is 0 Å². The maximum Gasteiger partial charge on any atom is 0.236 e. The first-order valence-corrected chi connectivity index (χ1v) is 6.50. The van der Waals surface area contributed by atoms with E-state index in [-0.39, 0.29) is 12.4 Å². The summed E-state index contributed by atoms with van der Waals surface area (Å²) < 4.78 is 0. The minimum absolute atomic E-state index is 0. The van der Waals surface area contributed by atoms with Gasteiger partial charge in [-0.05, 0) is 26.2 Å². The summed E-state index contributed by atoms with van der Waals surface area (Å²) >= 11 is 0. The van der Waals surface area contributed by atoms with Gasteiger partial charge >= 0.3 is 0 Å². The van der Waals surface area contributed by atoms with Crippen molar-refractivity contribution >= 4 is 18.3 Å². The summed E-state index contributed by atoms with van der Waals surface area (Å²) in [7, 11) is 0. The Kier molecular flexibility index (Phi) is 6.23. The van der Waals surface area contributed by atoms with E-state index in [9.17, 15) is 4.79 Å². The molecule has 0 saturated carbocycles. The van der Waals surface area contributed by atoms with Crippen molar-refractivity contribution in [2.24, 2.45) is 0 Å². The smallest absolute Gasteiger partial charge is 0.236 e. The van der Waals surface area contributed by atoms with Crippen LogP contribution in [0.15, 0.2) is 0 Å². The van der Waals surface area contributed by atoms with Crippen molar-refractivity contribution in [3.05, 3.63) is 0 Å². The summed E-state index contributed by atoms with van der Waals surface area (Å²) in [6.07, 6.45) is 3.65. The van der Waals surface area contributed by atoms with Crippen LogP contribution in [-0.4, -0.2) is 61.0 Å². The van der Waals surface area contributed by atoms with Crippen LogP contribution < -0.4 is 5.32 Å². The fraction of sp³-hybridized carbons (Fsp3) is 0.917. The number of hydrogen-bond acceptors (Lipinski definition) is 3. The second-order valence-electron chi connectivity index (χ2n) is 4.97. The van der Waals surface area contributed by atoms with E-state index in [1.807, 2.05) is 4.90 Å². The second kappa shape index (κ2) is 7.19. The van der Waals surface area contributed by atoms with Gasteiger partial charge in [0.25, 0.3) is 0 Å². The third-order valence-electron chi connectivity index (χ3n) is 3.69. The Balaban J connectivity index is 0.00000144. The normalized spacial score (nSPS) is 26.4. The summed E-state index contributed by atoms with van der Waals surface area (Å²) in [5.41, 5.74) is 0. The van der Waals surface area contributed by atoms with Crippen LogP contribution in [0.2, 0.25) is 0 Å². The van der Waals surface area contributed by atoms with Crippen LogP contribution in [-0.2, 0) is 4.79 Å². The van der Waals surface area contributed by atoms with Crippen molar-refractivity contribution in [2.75, 3.05) is 39.3 Å². The first kappa shape index (κ1) is 14.7. The maximum absolute atomic E-state index is 12.1. The number of amides is 1. The van der Waals surface area contributed by atoms with Crippen LogP contribution in [0, 0.1) is 0 Å². The maximum atomic E-state index is 12.1. The van der Waals surface area contributed by atoms with Crippen LogP contribution in [0.5, 0.6) is 0 Å². The molecule has 2 aliphatic rings. The Bertz CT molecular complexity index is 244. The minimum Gasteiger partial charge on any atom is -0.342 e. The molecule has 5 heteroatoms. The number of carbonyl (C=O) groups is 1. The lowest BCUT2D eigenvalue weighted by atomic mass is 10.1. The molecule has 2 heterocycles. The van der Waals surface area contributed by atoms with Gasteiger partial charge in [-0.3, -0.25) is 9.69 Å². The molecule has 2 rings (SSSR count). The molecule has 0 aliphatic carbocycles. The average Bonchev–Trinajstić information content (AvgIpc) is 2.33. The molecule has 4 nitrogen and oxygen atoms in total. The summed E-state index contributed by atoms with van der Waals surface area (Å²) in [5.74, 6) is 0.327.